The number of hydrogen-bond donors (Lipinski definition) is 0. The average molecular weight is 238 g/mol. The van der Waals surface area contributed by atoms with Crippen LogP contribution in [0.15, 0.2) is 24.3 Å². The van der Waals surface area contributed by atoms with Gasteiger partial charge in [-0.1, -0.05) is 26.0 Å². The normalized spacial score (nSPS) is 11.2. The third-order valence-electron chi connectivity index (χ3n) is 2.22. The maximum atomic E-state index is 10.7. The van der Waals surface area contributed by atoms with Gasteiger partial charge < -0.3 is 9.53 Å². The van der Waals surface area contributed by atoms with Crippen LogP contribution in [-0.2, 0) is 10.5 Å². The molecule has 88 valence electrons. The summed E-state index contributed by atoms with van der Waals surface area (Å²) in [6.07, 6.45) is 1.02. The minimum absolute atomic E-state index is 0.225. The van der Waals surface area contributed by atoms with Gasteiger partial charge in [-0.05, 0) is 17.7 Å². The number of aldehydes is 1. The van der Waals surface area contributed by atoms with Crippen LogP contribution in [0.3, 0.4) is 0 Å². The van der Waals surface area contributed by atoms with E-state index < -0.39 is 0 Å². The Bertz CT molecular complexity index is 330. The summed E-state index contributed by atoms with van der Waals surface area (Å²) in [5, 5.41) is 0. The molecule has 0 N–H and O–H groups in total. The van der Waals surface area contributed by atoms with E-state index in [1.165, 1.54) is 5.56 Å². The van der Waals surface area contributed by atoms with Crippen molar-refractivity contribution in [2.75, 3.05) is 12.9 Å². The molecule has 1 rings (SSSR count). The second-order valence-electron chi connectivity index (χ2n) is 4.45. The highest BCUT2D eigenvalue weighted by Gasteiger charge is 2.15. The summed E-state index contributed by atoms with van der Waals surface area (Å²) in [5.41, 5.74) is 1.03. The molecule has 1 aromatic carbocycles. The Kier molecular flexibility index (Phi) is 4.87. The molecule has 0 radical (unpaired) electrons. The van der Waals surface area contributed by atoms with Crippen LogP contribution < -0.4 is 4.74 Å². The highest BCUT2D eigenvalue weighted by Crippen LogP contribution is 2.23. The second-order valence-corrected chi connectivity index (χ2v) is 5.43. The molecule has 0 fully saturated rings. The van der Waals surface area contributed by atoms with Crippen LogP contribution in [0, 0.1) is 5.41 Å². The van der Waals surface area contributed by atoms with E-state index in [4.69, 9.17) is 4.74 Å². The Hall–Kier alpha value is -0.960. The molecule has 0 saturated heterocycles. The number of rotatable bonds is 6. The standard InChI is InChI=1S/C13H18O2S/c1-13(2,9-14)10-16-8-11-4-6-12(15-3)7-5-11/h4-7,9H,8,10H2,1-3H3. The minimum atomic E-state index is -0.225. The van der Waals surface area contributed by atoms with E-state index in [1.807, 2.05) is 26.0 Å². The van der Waals surface area contributed by atoms with Crippen LogP contribution in [0.4, 0.5) is 0 Å². The van der Waals surface area contributed by atoms with Crippen molar-refractivity contribution in [2.45, 2.75) is 19.6 Å². The van der Waals surface area contributed by atoms with E-state index in [-0.39, 0.29) is 5.41 Å². The van der Waals surface area contributed by atoms with Gasteiger partial charge in [-0.2, -0.15) is 11.8 Å². The van der Waals surface area contributed by atoms with Gasteiger partial charge in [-0.3, -0.25) is 0 Å². The predicted octanol–water partition coefficient (Wildman–Crippen LogP) is 3.15. The Balaban J connectivity index is 2.40. The molecule has 0 aliphatic rings. The van der Waals surface area contributed by atoms with Gasteiger partial charge in [0, 0.05) is 16.9 Å². The third kappa shape index (κ3) is 4.27. The van der Waals surface area contributed by atoms with Crippen molar-refractivity contribution in [1.82, 2.24) is 0 Å². The zero-order valence-corrected chi connectivity index (χ0v) is 10.8. The van der Waals surface area contributed by atoms with E-state index in [0.29, 0.717) is 0 Å². The molecule has 0 unspecified atom stereocenters. The van der Waals surface area contributed by atoms with Crippen LogP contribution in [0.2, 0.25) is 0 Å². The lowest BCUT2D eigenvalue weighted by Gasteiger charge is -2.15. The lowest BCUT2D eigenvalue weighted by Crippen LogP contribution is -2.16. The molecule has 0 bridgehead atoms. The minimum Gasteiger partial charge on any atom is -0.497 e. The Morgan fingerprint density at radius 1 is 1.31 bits per heavy atom. The van der Waals surface area contributed by atoms with Crippen LogP contribution in [-0.4, -0.2) is 19.1 Å². The smallest absolute Gasteiger partial charge is 0.126 e. The summed E-state index contributed by atoms with van der Waals surface area (Å²) in [7, 11) is 1.66. The summed E-state index contributed by atoms with van der Waals surface area (Å²) < 4.78 is 5.09. The fourth-order valence-corrected chi connectivity index (χ4v) is 2.31. The quantitative estimate of drug-likeness (QED) is 0.712. The lowest BCUT2D eigenvalue weighted by atomic mass is 10.00. The zero-order valence-electron chi connectivity index (χ0n) is 10.0. The SMILES string of the molecule is COc1ccc(CSCC(C)(C)C=O)cc1. The van der Waals surface area contributed by atoms with Gasteiger partial charge in [0.2, 0.25) is 0 Å². The molecule has 0 atom stereocenters. The fourth-order valence-electron chi connectivity index (χ4n) is 1.19. The average Bonchev–Trinajstić information content (AvgIpc) is 2.30. The maximum Gasteiger partial charge on any atom is 0.126 e. The van der Waals surface area contributed by atoms with Crippen LogP contribution in [0.5, 0.6) is 5.75 Å². The summed E-state index contributed by atoms with van der Waals surface area (Å²) >= 11 is 1.78. The van der Waals surface area contributed by atoms with Crippen molar-refractivity contribution in [3.8, 4) is 5.75 Å². The van der Waals surface area contributed by atoms with Crippen molar-refractivity contribution in [3.63, 3.8) is 0 Å². The number of benzene rings is 1. The largest absolute Gasteiger partial charge is 0.497 e. The van der Waals surface area contributed by atoms with E-state index in [0.717, 1.165) is 23.5 Å². The molecular formula is C13H18O2S. The highest BCUT2D eigenvalue weighted by atomic mass is 32.2. The zero-order chi connectivity index (χ0) is 12.0. The molecule has 0 spiro atoms. The number of methoxy groups -OCH3 is 1. The third-order valence-corrected chi connectivity index (χ3v) is 3.71. The molecule has 0 aliphatic carbocycles. The molecular weight excluding hydrogens is 220 g/mol. The van der Waals surface area contributed by atoms with Crippen LogP contribution >= 0.6 is 11.8 Å². The molecule has 3 heteroatoms. The molecule has 0 aromatic heterocycles. The van der Waals surface area contributed by atoms with Gasteiger partial charge in [-0.25, -0.2) is 0 Å². The summed E-state index contributed by atoms with van der Waals surface area (Å²) in [6.45, 7) is 3.92. The van der Waals surface area contributed by atoms with E-state index in [1.54, 1.807) is 18.9 Å². The van der Waals surface area contributed by atoms with Gasteiger partial charge in [0.25, 0.3) is 0 Å². The molecule has 2 nitrogen and oxygen atoms in total. The van der Waals surface area contributed by atoms with Gasteiger partial charge in [0.05, 0.1) is 7.11 Å². The fraction of sp³-hybridized carbons (Fsp3) is 0.462. The van der Waals surface area contributed by atoms with Crippen molar-refractivity contribution >= 4 is 18.0 Å². The van der Waals surface area contributed by atoms with Gasteiger partial charge >= 0.3 is 0 Å². The Morgan fingerprint density at radius 2 is 1.94 bits per heavy atom. The first-order valence-corrected chi connectivity index (χ1v) is 6.40. The number of thioether (sulfide) groups is 1. The molecule has 16 heavy (non-hydrogen) atoms. The molecule has 0 aliphatic heterocycles. The van der Waals surface area contributed by atoms with E-state index in [9.17, 15) is 4.79 Å². The van der Waals surface area contributed by atoms with Crippen molar-refractivity contribution in [2.24, 2.45) is 5.41 Å². The molecule has 0 saturated carbocycles. The number of ether oxygens (including phenoxy) is 1. The molecule has 1 aromatic rings. The summed E-state index contributed by atoms with van der Waals surface area (Å²) in [5.74, 6) is 2.66. The highest BCUT2D eigenvalue weighted by molar-refractivity contribution is 7.98. The number of carbonyl (C=O) groups is 1. The summed E-state index contributed by atoms with van der Waals surface area (Å²) in [4.78, 5) is 10.7. The van der Waals surface area contributed by atoms with Crippen molar-refractivity contribution in [1.29, 1.82) is 0 Å². The number of hydrogen-bond acceptors (Lipinski definition) is 3. The second kappa shape index (κ2) is 5.94. The van der Waals surface area contributed by atoms with Crippen molar-refractivity contribution in [3.05, 3.63) is 29.8 Å². The first-order valence-electron chi connectivity index (χ1n) is 5.24. The Labute approximate surface area is 101 Å². The maximum absolute atomic E-state index is 10.7. The number of carbonyl (C=O) groups excluding carboxylic acids is 1. The van der Waals surface area contributed by atoms with Gasteiger partial charge in [-0.15, -0.1) is 0 Å². The molecule has 0 heterocycles. The Morgan fingerprint density at radius 3 is 2.44 bits per heavy atom. The monoisotopic (exact) mass is 238 g/mol. The predicted molar refractivity (Wildman–Crippen MR) is 69.0 cm³/mol. The molecule has 0 amide bonds. The van der Waals surface area contributed by atoms with E-state index >= 15 is 0 Å². The first kappa shape index (κ1) is 13.1. The summed E-state index contributed by atoms with van der Waals surface area (Å²) in [6, 6.07) is 8.03. The lowest BCUT2D eigenvalue weighted by molar-refractivity contribution is -0.113. The van der Waals surface area contributed by atoms with Gasteiger partial charge in [0.1, 0.15) is 12.0 Å². The first-order chi connectivity index (χ1) is 7.57. The van der Waals surface area contributed by atoms with E-state index in [2.05, 4.69) is 12.1 Å². The van der Waals surface area contributed by atoms with Crippen LogP contribution in [0.1, 0.15) is 19.4 Å². The van der Waals surface area contributed by atoms with Crippen LogP contribution in [0.25, 0.3) is 0 Å². The topological polar surface area (TPSA) is 26.3 Å². The van der Waals surface area contributed by atoms with Gasteiger partial charge in [0.15, 0.2) is 0 Å². The van der Waals surface area contributed by atoms with Crippen molar-refractivity contribution < 1.29 is 9.53 Å².